The van der Waals surface area contributed by atoms with Crippen LogP contribution in [0, 0.1) is 0 Å². The zero-order valence-electron chi connectivity index (χ0n) is 11.2. The summed E-state index contributed by atoms with van der Waals surface area (Å²) in [5.41, 5.74) is 2.50. The molecule has 1 aromatic carbocycles. The maximum atomic E-state index is 6.09. The first kappa shape index (κ1) is 14.4. The van der Waals surface area contributed by atoms with Gasteiger partial charge in [0.1, 0.15) is 5.75 Å². The van der Waals surface area contributed by atoms with Crippen LogP contribution in [0.5, 0.6) is 5.75 Å². The number of aryl methyl sites for hydroxylation is 1. The molecule has 1 atom stereocenters. The fourth-order valence-electron chi connectivity index (χ4n) is 2.18. The van der Waals surface area contributed by atoms with Crippen molar-refractivity contribution < 1.29 is 4.74 Å². The summed E-state index contributed by atoms with van der Waals surface area (Å²) in [4.78, 5) is 0. The largest absolute Gasteiger partial charge is 0.496 e. The normalized spacial score (nSPS) is 12.4. The molecule has 0 aliphatic rings. The number of benzene rings is 1. The van der Waals surface area contributed by atoms with Crippen LogP contribution in [0.15, 0.2) is 35.0 Å². The highest BCUT2D eigenvalue weighted by molar-refractivity contribution is 7.07. The second kappa shape index (κ2) is 6.94. The van der Waals surface area contributed by atoms with E-state index in [9.17, 15) is 0 Å². The molecule has 102 valence electrons. The minimum absolute atomic E-state index is 0.244. The Labute approximate surface area is 123 Å². The van der Waals surface area contributed by atoms with Crippen molar-refractivity contribution in [1.82, 2.24) is 5.32 Å². The molecule has 1 N–H and O–H groups in total. The SMILES string of the molecule is CNC(CCc1ccsc1)c1cc(Cl)ccc1OC. The molecule has 1 aromatic heterocycles. The molecule has 0 radical (unpaired) electrons. The van der Waals surface area contributed by atoms with Crippen LogP contribution < -0.4 is 10.1 Å². The minimum atomic E-state index is 0.244. The number of halogens is 1. The van der Waals surface area contributed by atoms with Gasteiger partial charge >= 0.3 is 0 Å². The van der Waals surface area contributed by atoms with Crippen LogP contribution >= 0.6 is 22.9 Å². The highest BCUT2D eigenvalue weighted by Crippen LogP contribution is 2.30. The van der Waals surface area contributed by atoms with Crippen LogP contribution in [0.4, 0.5) is 0 Å². The molecular formula is C15H18ClNOS. The predicted molar refractivity (Wildman–Crippen MR) is 82.4 cm³/mol. The van der Waals surface area contributed by atoms with Crippen LogP contribution in [0.2, 0.25) is 5.02 Å². The Morgan fingerprint density at radius 2 is 2.21 bits per heavy atom. The van der Waals surface area contributed by atoms with Gasteiger partial charge in [0.15, 0.2) is 0 Å². The first-order valence-corrected chi connectivity index (χ1v) is 7.58. The molecule has 0 spiro atoms. The molecule has 1 heterocycles. The van der Waals surface area contributed by atoms with Gasteiger partial charge < -0.3 is 10.1 Å². The van der Waals surface area contributed by atoms with Crippen LogP contribution in [0.1, 0.15) is 23.6 Å². The molecule has 2 nitrogen and oxygen atoms in total. The fraction of sp³-hybridized carbons (Fsp3) is 0.333. The number of ether oxygens (including phenoxy) is 1. The van der Waals surface area contributed by atoms with E-state index >= 15 is 0 Å². The summed E-state index contributed by atoms with van der Waals surface area (Å²) in [6.07, 6.45) is 2.06. The van der Waals surface area contributed by atoms with Crippen molar-refractivity contribution in [3.63, 3.8) is 0 Å². The lowest BCUT2D eigenvalue weighted by molar-refractivity contribution is 0.399. The topological polar surface area (TPSA) is 21.3 Å². The Morgan fingerprint density at radius 1 is 1.37 bits per heavy atom. The molecule has 0 aliphatic heterocycles. The molecule has 2 rings (SSSR count). The van der Waals surface area contributed by atoms with Crippen LogP contribution in [-0.2, 0) is 6.42 Å². The smallest absolute Gasteiger partial charge is 0.123 e. The number of hydrogen-bond acceptors (Lipinski definition) is 3. The Balaban J connectivity index is 2.14. The maximum absolute atomic E-state index is 6.09. The van der Waals surface area contributed by atoms with Crippen molar-refractivity contribution >= 4 is 22.9 Å². The van der Waals surface area contributed by atoms with Gasteiger partial charge in [0.05, 0.1) is 7.11 Å². The van der Waals surface area contributed by atoms with Crippen molar-refractivity contribution in [3.05, 3.63) is 51.2 Å². The van der Waals surface area contributed by atoms with Gasteiger partial charge in [-0.05, 0) is 60.5 Å². The maximum Gasteiger partial charge on any atom is 0.123 e. The zero-order chi connectivity index (χ0) is 13.7. The van der Waals surface area contributed by atoms with E-state index < -0.39 is 0 Å². The van der Waals surface area contributed by atoms with Crippen molar-refractivity contribution in [3.8, 4) is 5.75 Å². The fourth-order valence-corrected chi connectivity index (χ4v) is 3.06. The van der Waals surface area contributed by atoms with E-state index in [1.165, 1.54) is 5.56 Å². The molecule has 0 saturated carbocycles. The average molecular weight is 296 g/mol. The first-order valence-electron chi connectivity index (χ1n) is 6.26. The number of rotatable bonds is 6. The minimum Gasteiger partial charge on any atom is -0.496 e. The van der Waals surface area contributed by atoms with Gasteiger partial charge in [0, 0.05) is 16.6 Å². The molecular weight excluding hydrogens is 278 g/mol. The first-order chi connectivity index (χ1) is 9.24. The van der Waals surface area contributed by atoms with Gasteiger partial charge in [-0.1, -0.05) is 11.6 Å². The Kier molecular flexibility index (Phi) is 5.25. The monoisotopic (exact) mass is 295 g/mol. The van der Waals surface area contributed by atoms with Crippen LogP contribution in [-0.4, -0.2) is 14.2 Å². The molecule has 19 heavy (non-hydrogen) atoms. The van der Waals surface area contributed by atoms with Crippen molar-refractivity contribution in [2.75, 3.05) is 14.2 Å². The summed E-state index contributed by atoms with van der Waals surface area (Å²) in [5.74, 6) is 0.883. The Morgan fingerprint density at radius 3 is 2.84 bits per heavy atom. The lowest BCUT2D eigenvalue weighted by Crippen LogP contribution is -2.18. The molecule has 1 unspecified atom stereocenters. The third-order valence-corrected chi connectivity index (χ3v) is 4.18. The average Bonchev–Trinajstić information content (AvgIpc) is 2.93. The summed E-state index contributed by atoms with van der Waals surface area (Å²) in [6.45, 7) is 0. The van der Waals surface area contributed by atoms with Gasteiger partial charge in [0.2, 0.25) is 0 Å². The quantitative estimate of drug-likeness (QED) is 0.858. The van der Waals surface area contributed by atoms with E-state index in [2.05, 4.69) is 22.1 Å². The zero-order valence-corrected chi connectivity index (χ0v) is 12.7. The summed E-state index contributed by atoms with van der Waals surface area (Å²) in [7, 11) is 3.66. The highest BCUT2D eigenvalue weighted by Gasteiger charge is 2.15. The van der Waals surface area contributed by atoms with Crippen molar-refractivity contribution in [1.29, 1.82) is 0 Å². The van der Waals surface area contributed by atoms with E-state index in [-0.39, 0.29) is 6.04 Å². The lowest BCUT2D eigenvalue weighted by Gasteiger charge is -2.19. The molecule has 0 bridgehead atoms. The standard InChI is InChI=1S/C15H18ClNOS/c1-17-14(5-3-11-7-8-19-10-11)13-9-12(16)4-6-15(13)18-2/h4,6-10,14,17H,3,5H2,1-2H3. The van der Waals surface area contributed by atoms with E-state index in [0.717, 1.165) is 29.2 Å². The van der Waals surface area contributed by atoms with Crippen LogP contribution in [0.3, 0.4) is 0 Å². The summed E-state index contributed by atoms with van der Waals surface area (Å²) in [5, 5.41) is 8.40. The number of methoxy groups -OCH3 is 1. The Bertz CT molecular complexity index is 513. The van der Waals surface area contributed by atoms with E-state index in [0.29, 0.717) is 0 Å². The van der Waals surface area contributed by atoms with Gasteiger partial charge in [-0.2, -0.15) is 11.3 Å². The van der Waals surface area contributed by atoms with Crippen LogP contribution in [0.25, 0.3) is 0 Å². The third-order valence-electron chi connectivity index (χ3n) is 3.22. The van der Waals surface area contributed by atoms with Gasteiger partial charge in [-0.15, -0.1) is 0 Å². The molecule has 2 aromatic rings. The summed E-state index contributed by atoms with van der Waals surface area (Å²) < 4.78 is 5.42. The molecule has 0 fully saturated rings. The third kappa shape index (κ3) is 3.72. The number of hydrogen-bond donors (Lipinski definition) is 1. The number of nitrogens with one attached hydrogen (secondary N) is 1. The van der Waals surface area contributed by atoms with E-state index in [1.807, 2.05) is 25.2 Å². The lowest BCUT2D eigenvalue weighted by atomic mass is 9.99. The van der Waals surface area contributed by atoms with Crippen molar-refractivity contribution in [2.24, 2.45) is 0 Å². The summed E-state index contributed by atoms with van der Waals surface area (Å²) >= 11 is 7.83. The Hall–Kier alpha value is -1.03. The molecule has 0 amide bonds. The van der Waals surface area contributed by atoms with Gasteiger partial charge in [0.25, 0.3) is 0 Å². The second-order valence-corrected chi connectivity index (χ2v) is 5.61. The van der Waals surface area contributed by atoms with Gasteiger partial charge in [-0.25, -0.2) is 0 Å². The predicted octanol–water partition coefficient (Wildman–Crippen LogP) is 4.30. The molecule has 0 aliphatic carbocycles. The van der Waals surface area contributed by atoms with Crippen molar-refractivity contribution in [2.45, 2.75) is 18.9 Å². The second-order valence-electron chi connectivity index (χ2n) is 4.40. The number of thiophene rings is 1. The highest BCUT2D eigenvalue weighted by atomic mass is 35.5. The molecule has 4 heteroatoms. The van der Waals surface area contributed by atoms with Gasteiger partial charge in [-0.3, -0.25) is 0 Å². The summed E-state index contributed by atoms with van der Waals surface area (Å²) in [6, 6.07) is 8.18. The van der Waals surface area contributed by atoms with E-state index in [1.54, 1.807) is 18.4 Å². The molecule has 0 saturated heterocycles. The van der Waals surface area contributed by atoms with E-state index in [4.69, 9.17) is 16.3 Å².